The SMILES string of the molecule is CC(=Nc1cccc(OC(F)(F)F)c1)c1c(C)[nH]n(-c2ccc(F)cc2)c1=O. The van der Waals surface area contributed by atoms with Crippen molar-refractivity contribution in [2.75, 3.05) is 0 Å². The maximum absolute atomic E-state index is 13.1. The predicted molar refractivity (Wildman–Crippen MR) is 96.1 cm³/mol. The molecule has 1 N–H and O–H groups in total. The van der Waals surface area contributed by atoms with Gasteiger partial charge in [-0.3, -0.25) is 14.9 Å². The number of hydrogen-bond acceptors (Lipinski definition) is 3. The van der Waals surface area contributed by atoms with E-state index in [9.17, 15) is 22.4 Å². The van der Waals surface area contributed by atoms with E-state index in [1.807, 2.05) is 0 Å². The molecule has 0 atom stereocenters. The summed E-state index contributed by atoms with van der Waals surface area (Å²) in [5.41, 5.74) is 1.32. The van der Waals surface area contributed by atoms with Crippen LogP contribution in [-0.4, -0.2) is 21.9 Å². The molecule has 28 heavy (non-hydrogen) atoms. The lowest BCUT2D eigenvalue weighted by Crippen LogP contribution is -2.19. The van der Waals surface area contributed by atoms with E-state index >= 15 is 0 Å². The Morgan fingerprint density at radius 2 is 1.82 bits per heavy atom. The van der Waals surface area contributed by atoms with Gasteiger partial charge in [0.15, 0.2) is 0 Å². The highest BCUT2D eigenvalue weighted by atomic mass is 19.4. The van der Waals surface area contributed by atoms with Crippen LogP contribution in [0.4, 0.5) is 23.2 Å². The number of nitrogens with zero attached hydrogens (tertiary/aromatic N) is 2. The van der Waals surface area contributed by atoms with Crippen LogP contribution in [0.5, 0.6) is 5.75 Å². The topological polar surface area (TPSA) is 59.4 Å². The van der Waals surface area contributed by atoms with E-state index < -0.39 is 23.5 Å². The molecule has 0 amide bonds. The van der Waals surface area contributed by atoms with Gasteiger partial charge in [0.2, 0.25) is 0 Å². The van der Waals surface area contributed by atoms with Crippen LogP contribution in [0.25, 0.3) is 5.69 Å². The number of benzene rings is 2. The first-order chi connectivity index (χ1) is 13.1. The van der Waals surface area contributed by atoms with E-state index in [1.165, 1.54) is 41.1 Å². The van der Waals surface area contributed by atoms with Crippen molar-refractivity contribution in [2.24, 2.45) is 4.99 Å². The van der Waals surface area contributed by atoms with Crippen molar-refractivity contribution in [1.82, 2.24) is 9.78 Å². The molecule has 3 rings (SSSR count). The molecule has 0 unspecified atom stereocenters. The van der Waals surface area contributed by atoms with Crippen LogP contribution in [0.1, 0.15) is 18.2 Å². The summed E-state index contributed by atoms with van der Waals surface area (Å²) in [6, 6.07) is 10.5. The second kappa shape index (κ2) is 7.34. The summed E-state index contributed by atoms with van der Waals surface area (Å²) >= 11 is 0. The minimum Gasteiger partial charge on any atom is -0.406 e. The van der Waals surface area contributed by atoms with Gasteiger partial charge in [0, 0.05) is 11.8 Å². The van der Waals surface area contributed by atoms with Crippen LogP contribution in [0, 0.1) is 12.7 Å². The van der Waals surface area contributed by atoms with Gasteiger partial charge >= 0.3 is 6.36 Å². The van der Waals surface area contributed by atoms with E-state index in [-0.39, 0.29) is 11.3 Å². The average molecular weight is 393 g/mol. The first-order valence-corrected chi connectivity index (χ1v) is 8.13. The van der Waals surface area contributed by atoms with Gasteiger partial charge in [0.25, 0.3) is 5.56 Å². The number of hydrogen-bond donors (Lipinski definition) is 1. The molecule has 0 fully saturated rings. The zero-order valence-corrected chi connectivity index (χ0v) is 14.8. The summed E-state index contributed by atoms with van der Waals surface area (Å²) in [6.07, 6.45) is -4.81. The van der Waals surface area contributed by atoms with E-state index in [1.54, 1.807) is 13.8 Å². The van der Waals surface area contributed by atoms with Gasteiger partial charge in [-0.2, -0.15) is 0 Å². The summed E-state index contributed by atoms with van der Waals surface area (Å²) in [5, 5.41) is 2.89. The lowest BCUT2D eigenvalue weighted by Gasteiger charge is -2.09. The highest BCUT2D eigenvalue weighted by Gasteiger charge is 2.31. The Kier molecular flexibility index (Phi) is 5.08. The predicted octanol–water partition coefficient (Wildman–Crippen LogP) is 4.65. The Bertz CT molecular complexity index is 1080. The van der Waals surface area contributed by atoms with Gasteiger partial charge in [-0.05, 0) is 50.2 Å². The third-order valence-electron chi connectivity index (χ3n) is 3.87. The van der Waals surface area contributed by atoms with Gasteiger partial charge in [-0.25, -0.2) is 9.07 Å². The van der Waals surface area contributed by atoms with Crippen LogP contribution in [0.2, 0.25) is 0 Å². The van der Waals surface area contributed by atoms with Gasteiger partial charge < -0.3 is 4.74 Å². The number of rotatable bonds is 4. The minimum absolute atomic E-state index is 0.201. The van der Waals surface area contributed by atoms with Crippen LogP contribution in [0.15, 0.2) is 58.3 Å². The number of nitrogens with one attached hydrogen (secondary N) is 1. The maximum Gasteiger partial charge on any atom is 0.573 e. The molecule has 146 valence electrons. The van der Waals surface area contributed by atoms with Crippen LogP contribution >= 0.6 is 0 Å². The Balaban J connectivity index is 1.97. The van der Waals surface area contributed by atoms with Crippen molar-refractivity contribution in [3.63, 3.8) is 0 Å². The summed E-state index contributed by atoms with van der Waals surface area (Å²) in [6.45, 7) is 3.24. The quantitative estimate of drug-likeness (QED) is 0.518. The van der Waals surface area contributed by atoms with Crippen LogP contribution in [-0.2, 0) is 0 Å². The number of aryl methyl sites for hydroxylation is 1. The van der Waals surface area contributed by atoms with Crippen molar-refractivity contribution in [3.8, 4) is 11.4 Å². The molecule has 1 heterocycles. The third kappa shape index (κ3) is 4.30. The lowest BCUT2D eigenvalue weighted by molar-refractivity contribution is -0.274. The first-order valence-electron chi connectivity index (χ1n) is 8.13. The van der Waals surface area contributed by atoms with Crippen molar-refractivity contribution in [3.05, 3.63) is 76.0 Å². The smallest absolute Gasteiger partial charge is 0.406 e. The van der Waals surface area contributed by atoms with Crippen LogP contribution in [0.3, 0.4) is 0 Å². The van der Waals surface area contributed by atoms with Crippen molar-refractivity contribution in [2.45, 2.75) is 20.2 Å². The normalized spacial score (nSPS) is 12.3. The number of halogens is 4. The summed E-state index contributed by atoms with van der Waals surface area (Å²) in [7, 11) is 0. The molecule has 2 aromatic carbocycles. The average Bonchev–Trinajstić information content (AvgIpc) is 2.89. The Hall–Kier alpha value is -3.36. The minimum atomic E-state index is -4.81. The largest absolute Gasteiger partial charge is 0.573 e. The summed E-state index contributed by atoms with van der Waals surface area (Å²) < 4.78 is 55.3. The Labute approximate surface area is 156 Å². The number of alkyl halides is 3. The number of aromatic nitrogens is 2. The van der Waals surface area contributed by atoms with Crippen molar-refractivity contribution >= 4 is 11.4 Å². The molecule has 0 saturated heterocycles. The Morgan fingerprint density at radius 3 is 2.46 bits per heavy atom. The molecule has 0 bridgehead atoms. The molecule has 0 radical (unpaired) electrons. The fourth-order valence-corrected chi connectivity index (χ4v) is 2.74. The lowest BCUT2D eigenvalue weighted by atomic mass is 10.1. The van der Waals surface area contributed by atoms with E-state index in [0.717, 1.165) is 12.1 Å². The molecule has 0 aliphatic heterocycles. The van der Waals surface area contributed by atoms with E-state index in [0.29, 0.717) is 17.1 Å². The number of ether oxygens (including phenoxy) is 1. The molecule has 0 aliphatic rings. The maximum atomic E-state index is 13.1. The number of aromatic amines is 1. The number of H-pyrrole nitrogens is 1. The molecular formula is C19H15F4N3O2. The molecule has 1 aromatic heterocycles. The summed E-state index contributed by atoms with van der Waals surface area (Å²) in [4.78, 5) is 17.0. The molecular weight excluding hydrogens is 378 g/mol. The van der Waals surface area contributed by atoms with Crippen molar-refractivity contribution < 1.29 is 22.3 Å². The fourth-order valence-electron chi connectivity index (χ4n) is 2.74. The molecule has 0 saturated carbocycles. The third-order valence-corrected chi connectivity index (χ3v) is 3.87. The zero-order chi connectivity index (χ0) is 20.5. The second-order valence-electron chi connectivity index (χ2n) is 5.97. The zero-order valence-electron chi connectivity index (χ0n) is 14.8. The molecule has 0 aliphatic carbocycles. The highest BCUT2D eigenvalue weighted by molar-refractivity contribution is 6.01. The van der Waals surface area contributed by atoms with Gasteiger partial charge in [-0.1, -0.05) is 6.07 Å². The molecule has 3 aromatic rings. The fraction of sp³-hybridized carbons (Fsp3) is 0.158. The van der Waals surface area contributed by atoms with Crippen LogP contribution < -0.4 is 10.3 Å². The highest BCUT2D eigenvalue weighted by Crippen LogP contribution is 2.26. The summed E-state index contributed by atoms with van der Waals surface area (Å²) in [5.74, 6) is -0.838. The Morgan fingerprint density at radius 1 is 1.14 bits per heavy atom. The monoisotopic (exact) mass is 393 g/mol. The standard InChI is InChI=1S/C19H15F4N3O2/c1-11(24-14-4-3-5-16(10-14)28-19(21,22)23)17-12(2)25-26(18(17)27)15-8-6-13(20)7-9-15/h3-10,25H,1-2H3. The molecule has 9 heteroatoms. The number of aliphatic imine (C=N–C) groups is 1. The van der Waals surface area contributed by atoms with Gasteiger partial charge in [0.05, 0.1) is 22.6 Å². The molecule has 5 nitrogen and oxygen atoms in total. The van der Waals surface area contributed by atoms with E-state index in [4.69, 9.17) is 0 Å². The second-order valence-corrected chi connectivity index (χ2v) is 5.97. The first kappa shape index (κ1) is 19.4. The molecule has 0 spiro atoms. The van der Waals surface area contributed by atoms with Crippen molar-refractivity contribution in [1.29, 1.82) is 0 Å². The van der Waals surface area contributed by atoms with E-state index in [2.05, 4.69) is 14.8 Å². The van der Waals surface area contributed by atoms with Gasteiger partial charge in [-0.15, -0.1) is 13.2 Å². The van der Waals surface area contributed by atoms with Gasteiger partial charge in [0.1, 0.15) is 11.6 Å².